The van der Waals surface area contributed by atoms with Crippen molar-refractivity contribution in [3.05, 3.63) is 31.7 Å². The zero-order valence-electron chi connectivity index (χ0n) is 7.99. The lowest BCUT2D eigenvalue weighted by Crippen LogP contribution is -2.11. The second-order valence-electron chi connectivity index (χ2n) is 2.66. The zero-order valence-corrected chi connectivity index (χ0v) is 10.3. The molecule has 1 N–H and O–H groups in total. The van der Waals surface area contributed by atoms with E-state index in [0.29, 0.717) is 4.47 Å². The molecule has 6 nitrogen and oxygen atoms in total. The number of nitro groups is 1. The number of nitrogens with one attached hydrogen (secondary N) is 1. The number of hydrogen-bond acceptors (Lipinski definition) is 4. The van der Waals surface area contributed by atoms with Gasteiger partial charge in [0, 0.05) is 10.5 Å². The van der Waals surface area contributed by atoms with Crippen molar-refractivity contribution in [3.63, 3.8) is 0 Å². The molecule has 8 heteroatoms. The van der Waals surface area contributed by atoms with Crippen LogP contribution in [-0.2, 0) is 4.74 Å². The molecule has 0 fully saturated rings. The van der Waals surface area contributed by atoms with Gasteiger partial charge in [-0.3, -0.25) is 15.4 Å². The smallest absolute Gasteiger partial charge is 0.411 e. The number of methoxy groups -OCH3 is 1. The van der Waals surface area contributed by atoms with Crippen LogP contribution in [0.2, 0.25) is 5.02 Å². The van der Waals surface area contributed by atoms with E-state index in [1.807, 2.05) is 0 Å². The SMILES string of the molecule is COC(=O)Nc1cc(Br)c(Cl)c([N+](=O)[O-])c1. The minimum atomic E-state index is -0.719. The average Bonchev–Trinajstić information content (AvgIpc) is 2.22. The standard InChI is InChI=1S/C8H6BrClN2O4/c1-16-8(13)11-4-2-5(9)7(10)6(3-4)12(14)15/h2-3H,1H3,(H,11,13). The number of benzene rings is 1. The summed E-state index contributed by atoms with van der Waals surface area (Å²) in [6.45, 7) is 0. The molecule has 1 aromatic carbocycles. The number of rotatable bonds is 2. The number of halogens is 2. The molecule has 0 aliphatic carbocycles. The number of nitro benzene ring substituents is 1. The molecule has 0 saturated heterocycles. The molecule has 0 unspecified atom stereocenters. The van der Waals surface area contributed by atoms with Crippen LogP contribution in [0.25, 0.3) is 0 Å². The van der Waals surface area contributed by atoms with Gasteiger partial charge in [0.05, 0.1) is 17.7 Å². The van der Waals surface area contributed by atoms with Crippen molar-refractivity contribution in [2.45, 2.75) is 0 Å². The Morgan fingerprint density at radius 3 is 2.75 bits per heavy atom. The molecule has 16 heavy (non-hydrogen) atoms. The quantitative estimate of drug-likeness (QED) is 0.672. The Labute approximate surface area is 104 Å². The highest BCUT2D eigenvalue weighted by Gasteiger charge is 2.17. The van der Waals surface area contributed by atoms with Crippen molar-refractivity contribution in [1.82, 2.24) is 0 Å². The van der Waals surface area contributed by atoms with E-state index >= 15 is 0 Å². The minimum absolute atomic E-state index is 0.0274. The van der Waals surface area contributed by atoms with Gasteiger partial charge in [-0.25, -0.2) is 4.79 Å². The second-order valence-corrected chi connectivity index (χ2v) is 3.90. The van der Waals surface area contributed by atoms with Crippen LogP contribution < -0.4 is 5.32 Å². The number of hydrogen-bond donors (Lipinski definition) is 1. The summed E-state index contributed by atoms with van der Waals surface area (Å²) >= 11 is 8.75. The Kier molecular flexibility index (Phi) is 4.08. The topological polar surface area (TPSA) is 81.5 Å². The average molecular weight is 310 g/mol. The van der Waals surface area contributed by atoms with Crippen molar-refractivity contribution in [1.29, 1.82) is 0 Å². The van der Waals surface area contributed by atoms with Gasteiger partial charge in [0.1, 0.15) is 5.02 Å². The molecule has 1 rings (SSSR count). The maximum absolute atomic E-state index is 10.9. The second kappa shape index (κ2) is 5.13. The van der Waals surface area contributed by atoms with Gasteiger partial charge < -0.3 is 4.74 Å². The maximum atomic E-state index is 10.9. The lowest BCUT2D eigenvalue weighted by atomic mass is 10.3. The fourth-order valence-electron chi connectivity index (χ4n) is 0.948. The third-order valence-corrected chi connectivity index (χ3v) is 2.89. The van der Waals surface area contributed by atoms with Gasteiger partial charge in [0.2, 0.25) is 0 Å². The summed E-state index contributed by atoms with van der Waals surface area (Å²) in [6.07, 6.45) is -0.719. The Bertz CT molecular complexity index is 452. The number of anilines is 1. The van der Waals surface area contributed by atoms with Gasteiger partial charge in [-0.05, 0) is 22.0 Å². The number of carbonyl (C=O) groups is 1. The fourth-order valence-corrected chi connectivity index (χ4v) is 1.58. The summed E-state index contributed by atoms with van der Waals surface area (Å²) < 4.78 is 4.67. The summed E-state index contributed by atoms with van der Waals surface area (Å²) in [5.74, 6) is 0. The molecule has 0 spiro atoms. The Morgan fingerprint density at radius 2 is 2.25 bits per heavy atom. The summed E-state index contributed by atoms with van der Waals surface area (Å²) in [5, 5.41) is 12.9. The number of ether oxygens (including phenoxy) is 1. The third kappa shape index (κ3) is 2.83. The highest BCUT2D eigenvalue weighted by molar-refractivity contribution is 9.10. The van der Waals surface area contributed by atoms with Crippen molar-refractivity contribution < 1.29 is 14.5 Å². The highest BCUT2D eigenvalue weighted by atomic mass is 79.9. The predicted octanol–water partition coefficient (Wildman–Crippen LogP) is 3.19. The number of carbonyl (C=O) groups excluding carboxylic acids is 1. The molecular weight excluding hydrogens is 303 g/mol. The first kappa shape index (κ1) is 12.7. The summed E-state index contributed by atoms with van der Waals surface area (Å²) in [6, 6.07) is 2.58. The van der Waals surface area contributed by atoms with Crippen LogP contribution in [0.1, 0.15) is 0 Å². The molecule has 0 aromatic heterocycles. The Morgan fingerprint density at radius 1 is 1.62 bits per heavy atom. The van der Waals surface area contributed by atoms with Crippen LogP contribution in [0.5, 0.6) is 0 Å². The van der Waals surface area contributed by atoms with Crippen molar-refractivity contribution in [3.8, 4) is 0 Å². The van der Waals surface area contributed by atoms with Gasteiger partial charge in [-0.2, -0.15) is 0 Å². The van der Waals surface area contributed by atoms with E-state index in [1.165, 1.54) is 13.2 Å². The van der Waals surface area contributed by atoms with Gasteiger partial charge in [0.25, 0.3) is 5.69 Å². The monoisotopic (exact) mass is 308 g/mol. The van der Waals surface area contributed by atoms with E-state index in [2.05, 4.69) is 26.0 Å². The molecule has 0 bridgehead atoms. The first-order chi connectivity index (χ1) is 7.45. The van der Waals surface area contributed by atoms with Crippen LogP contribution in [0.15, 0.2) is 16.6 Å². The minimum Gasteiger partial charge on any atom is -0.453 e. The molecular formula is C8H6BrClN2O4. The van der Waals surface area contributed by atoms with E-state index in [1.54, 1.807) is 0 Å². The van der Waals surface area contributed by atoms with Crippen LogP contribution in [0.3, 0.4) is 0 Å². The maximum Gasteiger partial charge on any atom is 0.411 e. The zero-order chi connectivity index (χ0) is 12.3. The number of nitrogens with zero attached hydrogens (tertiary/aromatic N) is 1. The molecule has 0 saturated carbocycles. The van der Waals surface area contributed by atoms with Crippen molar-refractivity contribution in [2.75, 3.05) is 12.4 Å². The molecule has 0 heterocycles. The third-order valence-electron chi connectivity index (χ3n) is 1.64. The largest absolute Gasteiger partial charge is 0.453 e. The molecule has 0 radical (unpaired) electrons. The van der Waals surface area contributed by atoms with E-state index in [0.717, 1.165) is 6.07 Å². The van der Waals surface area contributed by atoms with Crippen molar-refractivity contribution in [2.24, 2.45) is 0 Å². The Hall–Kier alpha value is -1.34. The van der Waals surface area contributed by atoms with E-state index in [9.17, 15) is 14.9 Å². The molecule has 0 aliphatic heterocycles. The summed E-state index contributed by atoms with van der Waals surface area (Å²) in [7, 11) is 1.19. The molecule has 86 valence electrons. The van der Waals surface area contributed by atoms with Gasteiger partial charge in [-0.15, -0.1) is 0 Å². The summed E-state index contributed by atoms with van der Waals surface area (Å²) in [5.41, 5.74) is -0.0859. The molecule has 0 atom stereocenters. The van der Waals surface area contributed by atoms with E-state index < -0.39 is 11.0 Å². The fraction of sp³-hybridized carbons (Fsp3) is 0.125. The van der Waals surface area contributed by atoms with Gasteiger partial charge >= 0.3 is 6.09 Å². The van der Waals surface area contributed by atoms with Crippen LogP contribution in [0.4, 0.5) is 16.2 Å². The molecule has 1 aromatic rings. The normalized spacial score (nSPS) is 9.69. The van der Waals surface area contributed by atoms with E-state index in [-0.39, 0.29) is 16.4 Å². The molecule has 0 aliphatic rings. The van der Waals surface area contributed by atoms with Gasteiger partial charge in [0.15, 0.2) is 0 Å². The van der Waals surface area contributed by atoms with E-state index in [4.69, 9.17) is 11.6 Å². The lowest BCUT2D eigenvalue weighted by Gasteiger charge is -2.05. The molecule has 1 amide bonds. The van der Waals surface area contributed by atoms with Crippen LogP contribution >= 0.6 is 27.5 Å². The first-order valence-corrected chi connectivity index (χ1v) is 5.11. The predicted molar refractivity (Wildman–Crippen MR) is 61.8 cm³/mol. The van der Waals surface area contributed by atoms with Crippen LogP contribution in [-0.4, -0.2) is 18.1 Å². The first-order valence-electron chi connectivity index (χ1n) is 3.94. The Balaban J connectivity index is 3.14. The lowest BCUT2D eigenvalue weighted by molar-refractivity contribution is -0.384. The van der Waals surface area contributed by atoms with Crippen LogP contribution in [0, 0.1) is 10.1 Å². The van der Waals surface area contributed by atoms with Crippen molar-refractivity contribution >= 4 is 45.0 Å². The summed E-state index contributed by atoms with van der Waals surface area (Å²) in [4.78, 5) is 20.9. The van der Waals surface area contributed by atoms with Gasteiger partial charge in [-0.1, -0.05) is 11.6 Å². The number of amides is 1. The highest BCUT2D eigenvalue weighted by Crippen LogP contribution is 2.35.